The van der Waals surface area contributed by atoms with Crippen LogP contribution in [0.25, 0.3) is 5.65 Å². The molecule has 2 aromatic heterocycles. The molecule has 0 radical (unpaired) electrons. The highest BCUT2D eigenvalue weighted by Gasteiger charge is 2.21. The van der Waals surface area contributed by atoms with Gasteiger partial charge < -0.3 is 5.32 Å². The zero-order valence-corrected chi connectivity index (χ0v) is 10.9. The molecule has 2 aromatic rings. The highest BCUT2D eigenvalue weighted by Crippen LogP contribution is 2.14. The molecule has 0 saturated carbocycles. The molecule has 1 aliphatic rings. The third-order valence-corrected chi connectivity index (χ3v) is 3.42. The maximum atomic E-state index is 12.1. The van der Waals surface area contributed by atoms with Crippen LogP contribution in [-0.2, 0) is 4.79 Å². The van der Waals surface area contributed by atoms with Crippen molar-refractivity contribution in [3.63, 3.8) is 0 Å². The fourth-order valence-corrected chi connectivity index (χ4v) is 2.34. The summed E-state index contributed by atoms with van der Waals surface area (Å²) < 4.78 is 1.69. The average Bonchev–Trinajstić information content (AvgIpc) is 2.81. The number of hydrogen-bond donors (Lipinski definition) is 2. The van der Waals surface area contributed by atoms with E-state index >= 15 is 0 Å². The third-order valence-electron chi connectivity index (χ3n) is 3.42. The van der Waals surface area contributed by atoms with Crippen LogP contribution in [0, 0.1) is 12.8 Å². The van der Waals surface area contributed by atoms with Gasteiger partial charge in [-0.3, -0.25) is 10.1 Å². The summed E-state index contributed by atoms with van der Waals surface area (Å²) in [5.41, 5.74) is 1.85. The van der Waals surface area contributed by atoms with E-state index in [9.17, 15) is 4.79 Å². The van der Waals surface area contributed by atoms with Gasteiger partial charge in [-0.2, -0.15) is 4.98 Å². The Hall–Kier alpha value is -1.95. The smallest absolute Gasteiger partial charge is 0.249 e. The quantitative estimate of drug-likeness (QED) is 0.843. The highest BCUT2D eigenvalue weighted by atomic mass is 16.2. The monoisotopic (exact) mass is 259 g/mol. The first-order chi connectivity index (χ1) is 9.22. The normalized spacial score (nSPS) is 16.7. The summed E-state index contributed by atoms with van der Waals surface area (Å²) in [6.07, 6.45) is 3.64. The van der Waals surface area contributed by atoms with Crippen molar-refractivity contribution >= 4 is 17.5 Å². The maximum Gasteiger partial charge on any atom is 0.249 e. The number of carbonyl (C=O) groups excluding carboxylic acids is 1. The minimum absolute atomic E-state index is 0.0223. The van der Waals surface area contributed by atoms with Crippen LogP contribution in [0.2, 0.25) is 0 Å². The predicted octanol–water partition coefficient (Wildman–Crippen LogP) is 0.976. The van der Waals surface area contributed by atoms with Crippen LogP contribution in [-0.4, -0.2) is 33.6 Å². The zero-order valence-electron chi connectivity index (χ0n) is 10.9. The fourth-order valence-electron chi connectivity index (χ4n) is 2.34. The van der Waals surface area contributed by atoms with E-state index in [1.165, 1.54) is 0 Å². The molecule has 2 N–H and O–H groups in total. The van der Waals surface area contributed by atoms with E-state index in [4.69, 9.17) is 0 Å². The summed E-state index contributed by atoms with van der Waals surface area (Å²) in [6.45, 7) is 3.79. The molecule has 0 aliphatic carbocycles. The lowest BCUT2D eigenvalue weighted by molar-refractivity contribution is -0.120. The van der Waals surface area contributed by atoms with Crippen LogP contribution in [0.15, 0.2) is 18.3 Å². The first-order valence-corrected chi connectivity index (χ1v) is 6.57. The van der Waals surface area contributed by atoms with E-state index < -0.39 is 0 Å². The van der Waals surface area contributed by atoms with Gasteiger partial charge in [-0.05, 0) is 44.5 Å². The van der Waals surface area contributed by atoms with Crippen molar-refractivity contribution in [3.05, 3.63) is 23.9 Å². The van der Waals surface area contributed by atoms with Crippen molar-refractivity contribution in [3.8, 4) is 0 Å². The Balaban J connectivity index is 1.75. The molecule has 0 aromatic carbocycles. The number of nitrogens with zero attached hydrogens (tertiary/aromatic N) is 3. The highest BCUT2D eigenvalue weighted by molar-refractivity contribution is 5.91. The van der Waals surface area contributed by atoms with Gasteiger partial charge in [0.15, 0.2) is 5.65 Å². The van der Waals surface area contributed by atoms with Crippen molar-refractivity contribution in [2.75, 3.05) is 18.4 Å². The molecule has 100 valence electrons. The lowest BCUT2D eigenvalue weighted by Gasteiger charge is -2.20. The van der Waals surface area contributed by atoms with Crippen LogP contribution in [0.1, 0.15) is 18.4 Å². The molecular weight excluding hydrogens is 242 g/mol. The van der Waals surface area contributed by atoms with Crippen molar-refractivity contribution in [1.82, 2.24) is 19.9 Å². The van der Waals surface area contributed by atoms with Crippen molar-refractivity contribution in [2.45, 2.75) is 19.8 Å². The number of piperidine rings is 1. The standard InChI is InChI=1S/C13H17N5O/c1-9-2-3-11-15-13(17-18(11)8-9)16-12(19)10-4-6-14-7-5-10/h2-3,8,10,14H,4-7H2,1H3,(H,16,17,19). The molecule has 3 heterocycles. The van der Waals surface area contributed by atoms with Crippen LogP contribution < -0.4 is 10.6 Å². The molecule has 0 unspecified atom stereocenters. The van der Waals surface area contributed by atoms with E-state index in [-0.39, 0.29) is 11.8 Å². The predicted molar refractivity (Wildman–Crippen MR) is 71.9 cm³/mol. The Bertz CT molecular complexity index is 600. The van der Waals surface area contributed by atoms with Crippen LogP contribution in [0.4, 0.5) is 5.95 Å². The van der Waals surface area contributed by atoms with Gasteiger partial charge in [-0.15, -0.1) is 5.10 Å². The summed E-state index contributed by atoms with van der Waals surface area (Å²) in [5.74, 6) is 0.470. The number of carbonyl (C=O) groups is 1. The molecule has 1 saturated heterocycles. The van der Waals surface area contributed by atoms with E-state index in [1.54, 1.807) is 4.52 Å². The number of anilines is 1. The Kier molecular flexibility index (Phi) is 3.16. The number of hydrogen-bond acceptors (Lipinski definition) is 4. The largest absolute Gasteiger partial charge is 0.317 e. The number of amides is 1. The number of aryl methyl sites for hydroxylation is 1. The Labute approximate surface area is 111 Å². The van der Waals surface area contributed by atoms with Gasteiger partial charge in [0.1, 0.15) is 0 Å². The lowest BCUT2D eigenvalue weighted by Crippen LogP contribution is -2.34. The van der Waals surface area contributed by atoms with Gasteiger partial charge in [0.2, 0.25) is 11.9 Å². The summed E-state index contributed by atoms with van der Waals surface area (Å²) in [7, 11) is 0. The number of rotatable bonds is 2. The Morgan fingerprint density at radius 3 is 3.00 bits per heavy atom. The van der Waals surface area contributed by atoms with Gasteiger partial charge in [0.05, 0.1) is 0 Å². The molecule has 6 heteroatoms. The molecule has 0 bridgehead atoms. The fraction of sp³-hybridized carbons (Fsp3) is 0.462. The summed E-state index contributed by atoms with van der Waals surface area (Å²) in [5, 5.41) is 10.3. The average molecular weight is 259 g/mol. The molecule has 0 atom stereocenters. The molecule has 6 nitrogen and oxygen atoms in total. The van der Waals surface area contributed by atoms with Crippen molar-refractivity contribution in [2.24, 2.45) is 5.92 Å². The first-order valence-electron chi connectivity index (χ1n) is 6.57. The molecule has 19 heavy (non-hydrogen) atoms. The lowest BCUT2D eigenvalue weighted by atomic mass is 9.97. The second kappa shape index (κ2) is 4.97. The molecule has 1 fully saturated rings. The van der Waals surface area contributed by atoms with Crippen LogP contribution in [0.5, 0.6) is 0 Å². The minimum atomic E-state index is 0.0223. The topological polar surface area (TPSA) is 71.3 Å². The summed E-state index contributed by atoms with van der Waals surface area (Å²) in [4.78, 5) is 16.4. The van der Waals surface area contributed by atoms with Gasteiger partial charge >= 0.3 is 0 Å². The number of pyridine rings is 1. The second-order valence-electron chi connectivity index (χ2n) is 4.96. The number of fused-ring (bicyclic) bond motifs is 1. The molecule has 3 rings (SSSR count). The molecule has 1 aliphatic heterocycles. The van der Waals surface area contributed by atoms with Gasteiger partial charge in [0.25, 0.3) is 0 Å². The molecule has 1 amide bonds. The molecule has 0 spiro atoms. The Morgan fingerprint density at radius 2 is 2.21 bits per heavy atom. The Morgan fingerprint density at radius 1 is 1.42 bits per heavy atom. The van der Waals surface area contributed by atoms with E-state index in [0.29, 0.717) is 5.95 Å². The van der Waals surface area contributed by atoms with Gasteiger partial charge in [0, 0.05) is 12.1 Å². The van der Waals surface area contributed by atoms with Crippen molar-refractivity contribution < 1.29 is 4.79 Å². The summed E-state index contributed by atoms with van der Waals surface area (Å²) in [6, 6.07) is 3.87. The van der Waals surface area contributed by atoms with Crippen molar-refractivity contribution in [1.29, 1.82) is 0 Å². The summed E-state index contributed by atoms with van der Waals surface area (Å²) >= 11 is 0. The molecular formula is C13H17N5O. The number of aromatic nitrogens is 3. The SMILES string of the molecule is Cc1ccc2nc(NC(=O)C3CCNCC3)nn2c1. The van der Waals surface area contributed by atoms with E-state index in [0.717, 1.165) is 37.1 Å². The van der Waals surface area contributed by atoms with Crippen LogP contribution >= 0.6 is 0 Å². The zero-order chi connectivity index (χ0) is 13.2. The minimum Gasteiger partial charge on any atom is -0.317 e. The second-order valence-corrected chi connectivity index (χ2v) is 4.96. The first kappa shape index (κ1) is 12.1. The van der Waals surface area contributed by atoms with Gasteiger partial charge in [-0.1, -0.05) is 6.07 Å². The van der Waals surface area contributed by atoms with E-state index in [1.807, 2.05) is 25.3 Å². The van der Waals surface area contributed by atoms with Crippen LogP contribution in [0.3, 0.4) is 0 Å². The van der Waals surface area contributed by atoms with Gasteiger partial charge in [-0.25, -0.2) is 4.52 Å². The number of nitrogens with one attached hydrogen (secondary N) is 2. The van der Waals surface area contributed by atoms with E-state index in [2.05, 4.69) is 20.7 Å². The third kappa shape index (κ3) is 2.58. The maximum absolute atomic E-state index is 12.1.